The Morgan fingerprint density at radius 1 is 1.58 bits per heavy atom. The molecule has 3 heteroatoms. The van der Waals surface area contributed by atoms with Crippen LogP contribution in [0.2, 0.25) is 0 Å². The number of nitrogens with zero attached hydrogens (tertiary/aromatic N) is 1. The smallest absolute Gasteiger partial charge is 0.222 e. The van der Waals surface area contributed by atoms with Gasteiger partial charge in [-0.1, -0.05) is 0 Å². The molecule has 1 amide bonds. The van der Waals surface area contributed by atoms with E-state index in [4.69, 9.17) is 0 Å². The molecule has 3 nitrogen and oxygen atoms in total. The summed E-state index contributed by atoms with van der Waals surface area (Å²) >= 11 is 0. The van der Waals surface area contributed by atoms with Crippen LogP contribution in [0.15, 0.2) is 0 Å². The van der Waals surface area contributed by atoms with Crippen LogP contribution >= 0.6 is 0 Å². The van der Waals surface area contributed by atoms with Crippen molar-refractivity contribution in [1.82, 2.24) is 10.2 Å². The molecule has 1 saturated heterocycles. The van der Waals surface area contributed by atoms with Crippen molar-refractivity contribution in [1.29, 1.82) is 0 Å². The number of amides is 1. The van der Waals surface area contributed by atoms with E-state index in [1.807, 2.05) is 14.1 Å². The topological polar surface area (TPSA) is 32.3 Å². The van der Waals surface area contributed by atoms with Gasteiger partial charge in [0.2, 0.25) is 5.91 Å². The summed E-state index contributed by atoms with van der Waals surface area (Å²) in [7, 11) is 3.63. The van der Waals surface area contributed by atoms with Crippen molar-refractivity contribution >= 4 is 5.91 Å². The fraction of sp³-hybridized carbons (Fsp3) is 0.889. The van der Waals surface area contributed by atoms with E-state index in [1.54, 1.807) is 4.90 Å². The van der Waals surface area contributed by atoms with Crippen LogP contribution in [0.3, 0.4) is 0 Å². The maximum Gasteiger partial charge on any atom is 0.222 e. The van der Waals surface area contributed by atoms with Crippen molar-refractivity contribution in [3.63, 3.8) is 0 Å². The van der Waals surface area contributed by atoms with E-state index in [1.165, 1.54) is 6.42 Å². The normalized spacial score (nSPS) is 22.7. The van der Waals surface area contributed by atoms with Gasteiger partial charge in [0.15, 0.2) is 0 Å². The van der Waals surface area contributed by atoms with Crippen molar-refractivity contribution in [2.75, 3.05) is 27.2 Å². The van der Waals surface area contributed by atoms with Gasteiger partial charge in [0.05, 0.1) is 0 Å². The van der Waals surface area contributed by atoms with Crippen molar-refractivity contribution in [3.8, 4) is 0 Å². The first kappa shape index (κ1) is 9.52. The van der Waals surface area contributed by atoms with Gasteiger partial charge in [-0.05, 0) is 31.8 Å². The summed E-state index contributed by atoms with van der Waals surface area (Å²) in [6.45, 7) is 2.22. The molecule has 0 aromatic heterocycles. The monoisotopic (exact) mass is 170 g/mol. The molecule has 0 spiro atoms. The highest BCUT2D eigenvalue weighted by Crippen LogP contribution is 2.14. The van der Waals surface area contributed by atoms with Gasteiger partial charge >= 0.3 is 0 Å². The van der Waals surface area contributed by atoms with Crippen LogP contribution in [-0.2, 0) is 4.79 Å². The Balaban J connectivity index is 2.12. The molecule has 12 heavy (non-hydrogen) atoms. The summed E-state index contributed by atoms with van der Waals surface area (Å²) in [5.74, 6) is 0.982. The predicted molar refractivity (Wildman–Crippen MR) is 48.9 cm³/mol. The third-order valence-corrected chi connectivity index (χ3v) is 2.43. The van der Waals surface area contributed by atoms with Gasteiger partial charge in [-0.3, -0.25) is 4.79 Å². The summed E-state index contributed by atoms with van der Waals surface area (Å²) in [6.07, 6.45) is 2.99. The largest absolute Gasteiger partial charge is 0.349 e. The molecule has 1 heterocycles. The minimum atomic E-state index is 0.252. The van der Waals surface area contributed by atoms with Gasteiger partial charge in [-0.25, -0.2) is 0 Å². The molecule has 1 rings (SSSR count). The van der Waals surface area contributed by atoms with E-state index in [2.05, 4.69) is 5.32 Å². The van der Waals surface area contributed by atoms with E-state index >= 15 is 0 Å². The molecular weight excluding hydrogens is 152 g/mol. The molecule has 0 aliphatic carbocycles. The SMILES string of the molecule is CN(C)C(=O)CCC1CCNC1. The summed E-state index contributed by atoms with van der Waals surface area (Å²) < 4.78 is 0. The molecule has 0 radical (unpaired) electrons. The fourth-order valence-corrected chi connectivity index (χ4v) is 1.51. The molecule has 1 aliphatic heterocycles. The lowest BCUT2D eigenvalue weighted by Crippen LogP contribution is -2.22. The second kappa shape index (κ2) is 4.45. The highest BCUT2D eigenvalue weighted by atomic mass is 16.2. The molecule has 70 valence electrons. The predicted octanol–water partition coefficient (Wildman–Crippen LogP) is 0.464. The van der Waals surface area contributed by atoms with E-state index in [0.29, 0.717) is 6.42 Å². The Bertz CT molecular complexity index is 151. The molecule has 0 aromatic rings. The van der Waals surface area contributed by atoms with E-state index in [9.17, 15) is 4.79 Å². The second-order valence-electron chi connectivity index (χ2n) is 3.69. The van der Waals surface area contributed by atoms with Crippen LogP contribution in [0.5, 0.6) is 0 Å². The fourth-order valence-electron chi connectivity index (χ4n) is 1.51. The second-order valence-corrected chi connectivity index (χ2v) is 3.69. The highest BCUT2D eigenvalue weighted by molar-refractivity contribution is 5.75. The number of carbonyl (C=O) groups is 1. The standard InChI is InChI=1S/C9H18N2O/c1-11(2)9(12)4-3-8-5-6-10-7-8/h8,10H,3-7H2,1-2H3. The van der Waals surface area contributed by atoms with Gasteiger partial charge in [-0.2, -0.15) is 0 Å². The Morgan fingerprint density at radius 3 is 2.83 bits per heavy atom. The zero-order chi connectivity index (χ0) is 8.97. The molecule has 1 aliphatic rings. The first-order valence-corrected chi connectivity index (χ1v) is 4.61. The molecular formula is C9H18N2O. The lowest BCUT2D eigenvalue weighted by Gasteiger charge is -2.12. The van der Waals surface area contributed by atoms with Crippen LogP contribution in [0, 0.1) is 5.92 Å². The Hall–Kier alpha value is -0.570. The molecule has 1 N–H and O–H groups in total. The van der Waals surface area contributed by atoms with Gasteiger partial charge in [0.25, 0.3) is 0 Å². The van der Waals surface area contributed by atoms with Crippen LogP contribution in [0.4, 0.5) is 0 Å². The van der Waals surface area contributed by atoms with Crippen molar-refractivity contribution < 1.29 is 4.79 Å². The van der Waals surface area contributed by atoms with Crippen molar-refractivity contribution in [2.45, 2.75) is 19.3 Å². The number of nitrogens with one attached hydrogen (secondary N) is 1. The van der Waals surface area contributed by atoms with Crippen molar-refractivity contribution in [2.24, 2.45) is 5.92 Å². The minimum Gasteiger partial charge on any atom is -0.349 e. The third-order valence-electron chi connectivity index (χ3n) is 2.43. The quantitative estimate of drug-likeness (QED) is 0.667. The minimum absolute atomic E-state index is 0.252. The Labute approximate surface area is 74.1 Å². The summed E-state index contributed by atoms with van der Waals surface area (Å²) in [6, 6.07) is 0. The molecule has 1 atom stereocenters. The molecule has 0 aromatic carbocycles. The van der Waals surface area contributed by atoms with E-state index in [-0.39, 0.29) is 5.91 Å². The van der Waals surface area contributed by atoms with Crippen molar-refractivity contribution in [3.05, 3.63) is 0 Å². The Morgan fingerprint density at radius 2 is 2.33 bits per heavy atom. The van der Waals surface area contributed by atoms with Gasteiger partial charge < -0.3 is 10.2 Å². The van der Waals surface area contributed by atoms with Gasteiger partial charge in [0, 0.05) is 20.5 Å². The third kappa shape index (κ3) is 2.81. The maximum absolute atomic E-state index is 11.2. The van der Waals surface area contributed by atoms with Crippen LogP contribution < -0.4 is 5.32 Å². The van der Waals surface area contributed by atoms with Crippen LogP contribution in [0.25, 0.3) is 0 Å². The van der Waals surface area contributed by atoms with Crippen LogP contribution in [0.1, 0.15) is 19.3 Å². The molecule has 1 fully saturated rings. The first-order chi connectivity index (χ1) is 5.70. The molecule has 0 saturated carbocycles. The average Bonchev–Trinajstić information content (AvgIpc) is 2.51. The Kier molecular flexibility index (Phi) is 3.53. The number of hydrogen-bond donors (Lipinski definition) is 1. The van der Waals surface area contributed by atoms with Gasteiger partial charge in [-0.15, -0.1) is 0 Å². The molecule has 0 bridgehead atoms. The molecule has 1 unspecified atom stereocenters. The summed E-state index contributed by atoms with van der Waals surface area (Å²) in [5, 5.41) is 3.30. The lowest BCUT2D eigenvalue weighted by molar-refractivity contribution is -0.128. The number of rotatable bonds is 3. The zero-order valence-corrected chi connectivity index (χ0v) is 7.97. The zero-order valence-electron chi connectivity index (χ0n) is 7.97. The first-order valence-electron chi connectivity index (χ1n) is 4.61. The van der Waals surface area contributed by atoms with Gasteiger partial charge in [0.1, 0.15) is 0 Å². The van der Waals surface area contributed by atoms with Crippen LogP contribution in [-0.4, -0.2) is 38.0 Å². The van der Waals surface area contributed by atoms with E-state index in [0.717, 1.165) is 25.4 Å². The highest BCUT2D eigenvalue weighted by Gasteiger charge is 2.15. The average molecular weight is 170 g/mol. The maximum atomic E-state index is 11.2. The lowest BCUT2D eigenvalue weighted by atomic mass is 10.0. The summed E-state index contributed by atoms with van der Waals surface area (Å²) in [5.41, 5.74) is 0. The summed E-state index contributed by atoms with van der Waals surface area (Å²) in [4.78, 5) is 12.9. The van der Waals surface area contributed by atoms with E-state index < -0.39 is 0 Å². The number of hydrogen-bond acceptors (Lipinski definition) is 2. The number of carbonyl (C=O) groups excluding carboxylic acids is 1.